The van der Waals surface area contributed by atoms with Gasteiger partial charge in [0, 0.05) is 11.6 Å². The zero-order chi connectivity index (χ0) is 16.6. The van der Waals surface area contributed by atoms with Crippen LogP contribution in [0, 0.1) is 17.0 Å². The maximum atomic E-state index is 12.3. The molecule has 1 aromatic heterocycles. The van der Waals surface area contributed by atoms with Crippen LogP contribution >= 0.6 is 27.3 Å². The SMILES string of the molecule is Cc1cccc2sc(NC(=O)c3ccc(Br)c([N+](=O)[O-])c3)nc12. The number of hydrogen-bond donors (Lipinski definition) is 1. The van der Waals surface area contributed by atoms with Gasteiger partial charge in [-0.1, -0.05) is 23.5 Å². The first kappa shape index (κ1) is 15.6. The number of hydrogen-bond acceptors (Lipinski definition) is 5. The Morgan fingerprint density at radius 3 is 2.83 bits per heavy atom. The summed E-state index contributed by atoms with van der Waals surface area (Å²) >= 11 is 4.46. The van der Waals surface area contributed by atoms with E-state index in [2.05, 4.69) is 26.2 Å². The zero-order valence-electron chi connectivity index (χ0n) is 11.9. The number of benzene rings is 2. The molecule has 8 heteroatoms. The molecular weight excluding hydrogens is 382 g/mol. The topological polar surface area (TPSA) is 85.1 Å². The molecule has 2 aromatic carbocycles. The number of nitrogens with one attached hydrogen (secondary N) is 1. The normalized spacial score (nSPS) is 10.7. The van der Waals surface area contributed by atoms with Gasteiger partial charge in [0.15, 0.2) is 5.13 Å². The summed E-state index contributed by atoms with van der Waals surface area (Å²) in [7, 11) is 0. The summed E-state index contributed by atoms with van der Waals surface area (Å²) in [4.78, 5) is 27.1. The third-order valence-corrected chi connectivity index (χ3v) is 4.85. The highest BCUT2D eigenvalue weighted by Gasteiger charge is 2.17. The summed E-state index contributed by atoms with van der Waals surface area (Å²) in [6.45, 7) is 1.95. The van der Waals surface area contributed by atoms with Gasteiger partial charge in [0.05, 0.1) is 19.6 Å². The summed E-state index contributed by atoms with van der Waals surface area (Å²) < 4.78 is 1.30. The second-order valence-electron chi connectivity index (χ2n) is 4.82. The standard InChI is InChI=1S/C15H10BrN3O3S/c1-8-3-2-4-12-13(8)17-15(23-12)18-14(20)9-5-6-10(16)11(7-9)19(21)22/h2-7H,1H3,(H,17,18,20). The lowest BCUT2D eigenvalue weighted by molar-refractivity contribution is -0.385. The number of aryl methyl sites for hydroxylation is 1. The van der Waals surface area contributed by atoms with Gasteiger partial charge in [-0.05, 0) is 46.6 Å². The van der Waals surface area contributed by atoms with Crippen LogP contribution in [-0.2, 0) is 0 Å². The first-order valence-electron chi connectivity index (χ1n) is 6.57. The van der Waals surface area contributed by atoms with Crippen LogP contribution in [0.25, 0.3) is 10.2 Å². The van der Waals surface area contributed by atoms with E-state index >= 15 is 0 Å². The molecule has 6 nitrogen and oxygen atoms in total. The van der Waals surface area contributed by atoms with Crippen LogP contribution in [0.3, 0.4) is 0 Å². The summed E-state index contributed by atoms with van der Waals surface area (Å²) in [6, 6.07) is 10.0. The minimum absolute atomic E-state index is 0.155. The quantitative estimate of drug-likeness (QED) is 0.524. The van der Waals surface area contributed by atoms with E-state index in [9.17, 15) is 14.9 Å². The number of para-hydroxylation sites is 1. The van der Waals surface area contributed by atoms with Crippen LogP contribution in [0.15, 0.2) is 40.9 Å². The Bertz CT molecular complexity index is 939. The number of carbonyl (C=O) groups excluding carboxylic acids is 1. The first-order chi connectivity index (χ1) is 11.0. The van der Waals surface area contributed by atoms with Gasteiger partial charge in [-0.25, -0.2) is 4.98 Å². The van der Waals surface area contributed by atoms with Crippen LogP contribution in [-0.4, -0.2) is 15.8 Å². The molecule has 0 saturated heterocycles. The van der Waals surface area contributed by atoms with E-state index in [1.165, 1.54) is 29.5 Å². The van der Waals surface area contributed by atoms with E-state index in [1.54, 1.807) is 0 Å². The molecular formula is C15H10BrN3O3S. The molecule has 3 aromatic rings. The maximum Gasteiger partial charge on any atom is 0.284 e. The number of nitro groups is 1. The Morgan fingerprint density at radius 2 is 2.13 bits per heavy atom. The largest absolute Gasteiger partial charge is 0.298 e. The van der Waals surface area contributed by atoms with Crippen LogP contribution in [0.5, 0.6) is 0 Å². The summed E-state index contributed by atoms with van der Waals surface area (Å²) in [5.74, 6) is -0.433. The molecule has 0 unspecified atom stereocenters. The molecule has 0 saturated carbocycles. The lowest BCUT2D eigenvalue weighted by Crippen LogP contribution is -2.12. The van der Waals surface area contributed by atoms with E-state index in [4.69, 9.17) is 0 Å². The highest BCUT2D eigenvalue weighted by atomic mass is 79.9. The molecule has 0 radical (unpaired) electrons. The predicted octanol–water partition coefficient (Wildman–Crippen LogP) is 4.53. The summed E-state index contributed by atoms with van der Waals surface area (Å²) in [5, 5.41) is 14.1. The predicted molar refractivity (Wildman–Crippen MR) is 93.1 cm³/mol. The van der Waals surface area contributed by atoms with Crippen molar-refractivity contribution in [2.75, 3.05) is 5.32 Å². The number of thiazole rings is 1. The average Bonchev–Trinajstić information content (AvgIpc) is 2.91. The van der Waals surface area contributed by atoms with Crippen LogP contribution < -0.4 is 5.32 Å². The van der Waals surface area contributed by atoms with Gasteiger partial charge in [0.25, 0.3) is 11.6 Å². The lowest BCUT2D eigenvalue weighted by Gasteiger charge is -2.02. The average molecular weight is 392 g/mol. The molecule has 0 aliphatic rings. The Labute approximate surface area is 143 Å². The Kier molecular flexibility index (Phi) is 4.10. The first-order valence-corrected chi connectivity index (χ1v) is 8.18. The second-order valence-corrected chi connectivity index (χ2v) is 6.70. The molecule has 0 aliphatic carbocycles. The van der Waals surface area contributed by atoms with E-state index < -0.39 is 10.8 Å². The lowest BCUT2D eigenvalue weighted by atomic mass is 10.2. The molecule has 1 amide bonds. The van der Waals surface area contributed by atoms with Gasteiger partial charge < -0.3 is 0 Å². The Morgan fingerprint density at radius 1 is 1.35 bits per heavy atom. The van der Waals surface area contributed by atoms with Crippen LogP contribution in [0.4, 0.5) is 10.8 Å². The molecule has 23 heavy (non-hydrogen) atoms. The third-order valence-electron chi connectivity index (χ3n) is 3.25. The monoisotopic (exact) mass is 391 g/mol. The van der Waals surface area contributed by atoms with Gasteiger partial charge in [0.1, 0.15) is 0 Å². The third kappa shape index (κ3) is 3.08. The van der Waals surface area contributed by atoms with Crippen molar-refractivity contribution in [1.82, 2.24) is 4.98 Å². The van der Waals surface area contributed by atoms with Gasteiger partial charge >= 0.3 is 0 Å². The highest BCUT2D eigenvalue weighted by Crippen LogP contribution is 2.29. The maximum absolute atomic E-state index is 12.3. The van der Waals surface area contributed by atoms with Crippen molar-refractivity contribution < 1.29 is 9.72 Å². The summed E-state index contributed by atoms with van der Waals surface area (Å²) in [5.41, 5.74) is 1.92. The fraction of sp³-hybridized carbons (Fsp3) is 0.0667. The van der Waals surface area contributed by atoms with Crippen molar-refractivity contribution in [1.29, 1.82) is 0 Å². The molecule has 116 valence electrons. The zero-order valence-corrected chi connectivity index (χ0v) is 14.3. The number of carbonyl (C=O) groups is 1. The minimum atomic E-state index is -0.540. The number of halogens is 1. The van der Waals surface area contributed by atoms with Crippen LogP contribution in [0.2, 0.25) is 0 Å². The number of anilines is 1. The van der Waals surface area contributed by atoms with Crippen molar-refractivity contribution in [3.8, 4) is 0 Å². The molecule has 3 rings (SSSR count). The molecule has 1 heterocycles. The Hall–Kier alpha value is -2.32. The smallest absolute Gasteiger partial charge is 0.284 e. The molecule has 0 spiro atoms. The Balaban J connectivity index is 1.90. The van der Waals surface area contributed by atoms with E-state index in [0.717, 1.165) is 15.8 Å². The van der Waals surface area contributed by atoms with E-state index in [-0.39, 0.29) is 11.3 Å². The highest BCUT2D eigenvalue weighted by molar-refractivity contribution is 9.10. The van der Waals surface area contributed by atoms with Crippen molar-refractivity contribution in [3.63, 3.8) is 0 Å². The molecule has 0 atom stereocenters. The van der Waals surface area contributed by atoms with Gasteiger partial charge in [-0.15, -0.1) is 0 Å². The van der Waals surface area contributed by atoms with Gasteiger partial charge in [-0.2, -0.15) is 0 Å². The fourth-order valence-electron chi connectivity index (χ4n) is 2.10. The number of aromatic nitrogens is 1. The minimum Gasteiger partial charge on any atom is -0.298 e. The fourth-order valence-corrected chi connectivity index (χ4v) is 3.43. The van der Waals surface area contributed by atoms with E-state index in [1.807, 2.05) is 25.1 Å². The molecule has 1 N–H and O–H groups in total. The molecule has 0 aliphatic heterocycles. The number of amides is 1. The van der Waals surface area contributed by atoms with Gasteiger partial charge in [-0.3, -0.25) is 20.2 Å². The van der Waals surface area contributed by atoms with Crippen molar-refractivity contribution >= 4 is 54.2 Å². The number of nitrogens with zero attached hydrogens (tertiary/aromatic N) is 2. The van der Waals surface area contributed by atoms with E-state index in [0.29, 0.717) is 9.60 Å². The van der Waals surface area contributed by atoms with Crippen molar-refractivity contribution in [2.24, 2.45) is 0 Å². The number of nitro benzene ring substituents is 1. The second kappa shape index (κ2) is 6.05. The van der Waals surface area contributed by atoms with Gasteiger partial charge in [0.2, 0.25) is 0 Å². The summed E-state index contributed by atoms with van der Waals surface area (Å²) in [6.07, 6.45) is 0. The number of fused-ring (bicyclic) bond motifs is 1. The number of rotatable bonds is 3. The molecule has 0 bridgehead atoms. The van der Waals surface area contributed by atoms with Crippen molar-refractivity contribution in [2.45, 2.75) is 6.92 Å². The van der Waals surface area contributed by atoms with Crippen LogP contribution in [0.1, 0.15) is 15.9 Å². The van der Waals surface area contributed by atoms with Crippen molar-refractivity contribution in [3.05, 3.63) is 62.1 Å². The molecule has 0 fully saturated rings.